The molecule has 1 aliphatic rings. The van der Waals surface area contributed by atoms with Gasteiger partial charge in [-0.2, -0.15) is 5.26 Å². The number of benzene rings is 1. The van der Waals surface area contributed by atoms with E-state index in [-0.39, 0.29) is 11.7 Å². The van der Waals surface area contributed by atoms with Crippen LogP contribution in [0.1, 0.15) is 5.56 Å². The predicted octanol–water partition coefficient (Wildman–Crippen LogP) is 2.99. The molecular formula is C12H10ClN3OS2. The Morgan fingerprint density at radius 3 is 3.16 bits per heavy atom. The second kappa shape index (κ2) is 6.85. The van der Waals surface area contributed by atoms with Crippen LogP contribution in [0.2, 0.25) is 5.02 Å². The monoisotopic (exact) mass is 311 g/mol. The minimum atomic E-state index is -0.168. The van der Waals surface area contributed by atoms with E-state index in [2.05, 4.69) is 10.3 Å². The van der Waals surface area contributed by atoms with Gasteiger partial charge in [0.1, 0.15) is 10.4 Å². The zero-order valence-corrected chi connectivity index (χ0v) is 12.2. The van der Waals surface area contributed by atoms with Gasteiger partial charge >= 0.3 is 0 Å². The third kappa shape index (κ3) is 4.16. The maximum Gasteiger partial charge on any atom is 0.234 e. The molecule has 1 heterocycles. The van der Waals surface area contributed by atoms with Crippen LogP contribution in [0, 0.1) is 11.3 Å². The number of rotatable bonds is 3. The van der Waals surface area contributed by atoms with E-state index in [0.29, 0.717) is 16.3 Å². The highest BCUT2D eigenvalue weighted by molar-refractivity contribution is 8.39. The van der Waals surface area contributed by atoms with Gasteiger partial charge in [-0.25, -0.2) is 0 Å². The Labute approximate surface area is 124 Å². The maximum atomic E-state index is 11.8. The molecule has 4 nitrogen and oxygen atoms in total. The van der Waals surface area contributed by atoms with Crippen molar-refractivity contribution in [1.82, 2.24) is 0 Å². The number of nitrogens with zero attached hydrogens (tertiary/aromatic N) is 2. The number of nitriles is 1. The van der Waals surface area contributed by atoms with Gasteiger partial charge in [0.25, 0.3) is 0 Å². The van der Waals surface area contributed by atoms with Crippen LogP contribution in [0.15, 0.2) is 23.2 Å². The van der Waals surface area contributed by atoms with E-state index in [1.165, 1.54) is 11.8 Å². The predicted molar refractivity (Wildman–Crippen MR) is 82.0 cm³/mol. The molecule has 0 unspecified atom stereocenters. The van der Waals surface area contributed by atoms with Gasteiger partial charge in [-0.05, 0) is 18.2 Å². The van der Waals surface area contributed by atoms with Crippen LogP contribution in [-0.2, 0) is 4.79 Å². The van der Waals surface area contributed by atoms with Crippen LogP contribution in [0.5, 0.6) is 0 Å². The molecule has 0 saturated carbocycles. The number of halogens is 1. The summed E-state index contributed by atoms with van der Waals surface area (Å²) >= 11 is 8.92. The molecule has 0 fully saturated rings. The highest BCUT2D eigenvalue weighted by Crippen LogP contribution is 2.23. The third-order valence-electron chi connectivity index (χ3n) is 2.26. The van der Waals surface area contributed by atoms with E-state index in [9.17, 15) is 4.79 Å². The van der Waals surface area contributed by atoms with E-state index >= 15 is 0 Å². The van der Waals surface area contributed by atoms with Crippen LogP contribution in [-0.4, -0.2) is 28.3 Å². The standard InChI is InChI=1S/C12H10ClN3OS2/c13-9-2-1-8(6-14)10(5-9)16-11(17)7-19-12-15-3-4-18-12/h1-2,5H,3-4,7H2,(H,16,17). The summed E-state index contributed by atoms with van der Waals surface area (Å²) in [6.45, 7) is 0.821. The Morgan fingerprint density at radius 1 is 1.63 bits per heavy atom. The molecule has 0 atom stereocenters. The number of thioether (sulfide) groups is 2. The molecule has 2 rings (SSSR count). The molecule has 0 radical (unpaired) electrons. The number of amides is 1. The van der Waals surface area contributed by atoms with Crippen molar-refractivity contribution in [3.63, 3.8) is 0 Å². The fraction of sp³-hybridized carbons (Fsp3) is 0.250. The lowest BCUT2D eigenvalue weighted by Crippen LogP contribution is -2.15. The summed E-state index contributed by atoms with van der Waals surface area (Å²) < 4.78 is 0.946. The smallest absolute Gasteiger partial charge is 0.234 e. The topological polar surface area (TPSA) is 65.2 Å². The minimum Gasteiger partial charge on any atom is -0.324 e. The number of hydrogen-bond acceptors (Lipinski definition) is 5. The first-order chi connectivity index (χ1) is 9.19. The van der Waals surface area contributed by atoms with Gasteiger partial charge in [0.05, 0.1) is 23.5 Å². The zero-order chi connectivity index (χ0) is 13.7. The maximum absolute atomic E-state index is 11.8. The average Bonchev–Trinajstić information content (AvgIpc) is 2.90. The molecule has 0 saturated heterocycles. The fourth-order valence-electron chi connectivity index (χ4n) is 1.43. The summed E-state index contributed by atoms with van der Waals surface area (Å²) in [5.74, 6) is 1.10. The van der Waals surface area contributed by atoms with Crippen LogP contribution in [0.4, 0.5) is 5.69 Å². The Morgan fingerprint density at radius 2 is 2.47 bits per heavy atom. The summed E-state index contributed by atoms with van der Waals surface area (Å²) in [5, 5.41) is 12.1. The van der Waals surface area contributed by atoms with E-state index in [1.54, 1.807) is 30.0 Å². The second-order valence-electron chi connectivity index (χ2n) is 3.63. The van der Waals surface area contributed by atoms with Gasteiger partial charge < -0.3 is 5.32 Å². The number of aliphatic imine (C=N–C) groups is 1. The first kappa shape index (κ1) is 14.3. The van der Waals surface area contributed by atoms with Gasteiger partial charge in [0, 0.05) is 10.8 Å². The van der Waals surface area contributed by atoms with Crippen molar-refractivity contribution in [2.24, 2.45) is 4.99 Å². The Hall–Kier alpha value is -1.16. The molecule has 0 bridgehead atoms. The molecule has 0 spiro atoms. The molecule has 0 aliphatic carbocycles. The molecule has 19 heavy (non-hydrogen) atoms. The molecule has 1 amide bonds. The third-order valence-corrected chi connectivity index (χ3v) is 4.75. The molecular weight excluding hydrogens is 302 g/mol. The van der Waals surface area contributed by atoms with Gasteiger partial charge in [-0.15, -0.1) is 0 Å². The molecule has 7 heteroatoms. The van der Waals surface area contributed by atoms with Crippen molar-refractivity contribution < 1.29 is 4.79 Å². The van der Waals surface area contributed by atoms with E-state index in [0.717, 1.165) is 16.7 Å². The molecule has 0 aromatic heterocycles. The van der Waals surface area contributed by atoms with Gasteiger partial charge in [0.2, 0.25) is 5.91 Å². The number of carbonyl (C=O) groups is 1. The first-order valence-corrected chi connectivity index (χ1v) is 7.83. The summed E-state index contributed by atoms with van der Waals surface area (Å²) in [4.78, 5) is 16.1. The number of carbonyl (C=O) groups excluding carboxylic acids is 1. The minimum absolute atomic E-state index is 0.168. The Balaban J connectivity index is 1.95. The number of hydrogen-bond donors (Lipinski definition) is 1. The van der Waals surface area contributed by atoms with Crippen molar-refractivity contribution in [3.8, 4) is 6.07 Å². The Kier molecular flexibility index (Phi) is 5.14. The molecule has 1 aliphatic heterocycles. The SMILES string of the molecule is N#Cc1ccc(Cl)cc1NC(=O)CSC1=NCCS1. The van der Waals surface area contributed by atoms with Crippen LogP contribution >= 0.6 is 35.1 Å². The quantitative estimate of drug-likeness (QED) is 0.932. The average molecular weight is 312 g/mol. The lowest BCUT2D eigenvalue weighted by atomic mass is 10.2. The highest BCUT2D eigenvalue weighted by atomic mass is 35.5. The first-order valence-electron chi connectivity index (χ1n) is 5.48. The number of anilines is 1. The summed E-state index contributed by atoms with van der Waals surface area (Å²) in [6, 6.07) is 6.80. The molecule has 1 aromatic rings. The van der Waals surface area contributed by atoms with Crippen molar-refractivity contribution in [2.45, 2.75) is 0 Å². The fourth-order valence-corrected chi connectivity index (χ4v) is 3.42. The van der Waals surface area contributed by atoms with Crippen molar-refractivity contribution >= 4 is 51.1 Å². The zero-order valence-electron chi connectivity index (χ0n) is 9.85. The normalized spacial score (nSPS) is 13.8. The van der Waals surface area contributed by atoms with Crippen molar-refractivity contribution in [1.29, 1.82) is 5.26 Å². The Bertz CT molecular complexity index is 569. The van der Waals surface area contributed by atoms with Crippen molar-refractivity contribution in [2.75, 3.05) is 23.4 Å². The lowest BCUT2D eigenvalue weighted by molar-refractivity contribution is -0.113. The van der Waals surface area contributed by atoms with E-state index < -0.39 is 0 Å². The van der Waals surface area contributed by atoms with Crippen LogP contribution < -0.4 is 5.32 Å². The largest absolute Gasteiger partial charge is 0.324 e. The lowest BCUT2D eigenvalue weighted by Gasteiger charge is -2.07. The van der Waals surface area contributed by atoms with Gasteiger partial charge in [0.15, 0.2) is 0 Å². The molecule has 1 aromatic carbocycles. The van der Waals surface area contributed by atoms with Crippen LogP contribution in [0.3, 0.4) is 0 Å². The van der Waals surface area contributed by atoms with Crippen molar-refractivity contribution in [3.05, 3.63) is 28.8 Å². The van der Waals surface area contributed by atoms with E-state index in [1.807, 2.05) is 6.07 Å². The molecule has 98 valence electrons. The van der Waals surface area contributed by atoms with E-state index in [4.69, 9.17) is 16.9 Å². The van der Waals surface area contributed by atoms with Crippen LogP contribution in [0.25, 0.3) is 0 Å². The summed E-state index contributed by atoms with van der Waals surface area (Å²) in [5.41, 5.74) is 0.844. The molecule has 1 N–H and O–H groups in total. The number of nitrogens with one attached hydrogen (secondary N) is 1. The summed E-state index contributed by atoms with van der Waals surface area (Å²) in [7, 11) is 0. The summed E-state index contributed by atoms with van der Waals surface area (Å²) in [6.07, 6.45) is 0. The van der Waals surface area contributed by atoms with Gasteiger partial charge in [-0.1, -0.05) is 35.1 Å². The van der Waals surface area contributed by atoms with Gasteiger partial charge in [-0.3, -0.25) is 9.79 Å². The second-order valence-corrected chi connectivity index (χ2v) is 6.38. The highest BCUT2D eigenvalue weighted by Gasteiger charge is 2.12.